The van der Waals surface area contributed by atoms with Crippen LogP contribution in [0.2, 0.25) is 0 Å². The summed E-state index contributed by atoms with van der Waals surface area (Å²) in [5.41, 5.74) is -0.756. The van der Waals surface area contributed by atoms with Crippen LogP contribution in [0.3, 0.4) is 0 Å². The van der Waals surface area contributed by atoms with E-state index < -0.39 is 53.6 Å². The summed E-state index contributed by atoms with van der Waals surface area (Å²) in [5, 5.41) is 8.75. The summed E-state index contributed by atoms with van der Waals surface area (Å²) in [6, 6.07) is 0. The van der Waals surface area contributed by atoms with Gasteiger partial charge in [-0.25, -0.2) is 9.59 Å². The van der Waals surface area contributed by atoms with Crippen LogP contribution in [-0.4, -0.2) is 97.5 Å². The SMILES string of the molecule is CCCCCCCCCCCCCCOC(=O)C1OC(C2=CC=C(C(=O)C(C)(C)OCC(C)(C)OCCOC(=O)CCCC(=O)O)C(C)C2)OC1C(=O)OCCCCCCCCCCCCCC. The molecule has 13 nitrogen and oxygen atoms in total. The van der Waals surface area contributed by atoms with Gasteiger partial charge in [0.1, 0.15) is 12.2 Å². The van der Waals surface area contributed by atoms with E-state index in [-0.39, 0.29) is 64.0 Å². The maximum Gasteiger partial charge on any atom is 0.338 e. The molecule has 2 aliphatic rings. The molecule has 0 spiro atoms. The fraction of sp³-hybridized carbons (Fsp3) is 0.836. The molecular formula is C55H94O13. The number of allylic oxidation sites excluding steroid dienone is 2. The van der Waals surface area contributed by atoms with Gasteiger partial charge in [0.2, 0.25) is 0 Å². The normalized spacial score (nSPS) is 18.5. The smallest absolute Gasteiger partial charge is 0.338 e. The number of hydrogen-bond donors (Lipinski definition) is 1. The minimum absolute atomic E-state index is 0.00790. The van der Waals surface area contributed by atoms with E-state index in [0.29, 0.717) is 17.6 Å². The van der Waals surface area contributed by atoms with Crippen LogP contribution < -0.4 is 0 Å². The second-order valence-electron chi connectivity index (χ2n) is 20.2. The highest BCUT2D eigenvalue weighted by molar-refractivity contribution is 6.02. The van der Waals surface area contributed by atoms with Gasteiger partial charge in [-0.3, -0.25) is 14.4 Å². The van der Waals surface area contributed by atoms with Gasteiger partial charge in [0.05, 0.1) is 32.0 Å². The average Bonchev–Trinajstić information content (AvgIpc) is 3.76. The number of hydrogen-bond acceptors (Lipinski definition) is 12. The van der Waals surface area contributed by atoms with Crippen molar-refractivity contribution in [2.24, 2.45) is 5.92 Å². The summed E-state index contributed by atoms with van der Waals surface area (Å²) in [4.78, 5) is 63.5. The fourth-order valence-corrected chi connectivity index (χ4v) is 8.48. The van der Waals surface area contributed by atoms with Gasteiger partial charge in [-0.2, -0.15) is 0 Å². The molecule has 0 aromatic heterocycles. The summed E-state index contributed by atoms with van der Waals surface area (Å²) >= 11 is 0. The van der Waals surface area contributed by atoms with Crippen molar-refractivity contribution < 1.29 is 62.2 Å². The van der Waals surface area contributed by atoms with Crippen LogP contribution in [0.25, 0.3) is 0 Å². The van der Waals surface area contributed by atoms with E-state index in [0.717, 1.165) is 38.5 Å². The molecule has 0 amide bonds. The van der Waals surface area contributed by atoms with Crippen LogP contribution in [0.5, 0.6) is 0 Å². The number of carbonyl (C=O) groups excluding carboxylic acids is 4. The van der Waals surface area contributed by atoms with Crippen LogP contribution in [0, 0.1) is 5.92 Å². The molecule has 1 aliphatic carbocycles. The molecule has 1 heterocycles. The Bertz CT molecular complexity index is 1450. The predicted octanol–water partition coefficient (Wildman–Crippen LogP) is 12.4. The van der Waals surface area contributed by atoms with Gasteiger partial charge >= 0.3 is 23.9 Å². The lowest BCUT2D eigenvalue weighted by atomic mass is 9.81. The Balaban J connectivity index is 1.94. The first kappa shape index (κ1) is 61.0. The third-order valence-electron chi connectivity index (χ3n) is 12.8. The third kappa shape index (κ3) is 26.7. The quantitative estimate of drug-likeness (QED) is 0.0349. The monoisotopic (exact) mass is 963 g/mol. The number of unbranched alkanes of at least 4 members (excludes halogenated alkanes) is 22. The van der Waals surface area contributed by atoms with Crippen molar-refractivity contribution >= 4 is 29.7 Å². The van der Waals surface area contributed by atoms with Crippen molar-refractivity contribution in [2.75, 3.05) is 33.0 Å². The summed E-state index contributed by atoms with van der Waals surface area (Å²) in [6.45, 7) is 14.1. The fourth-order valence-electron chi connectivity index (χ4n) is 8.48. The van der Waals surface area contributed by atoms with Gasteiger partial charge < -0.3 is 38.3 Å². The van der Waals surface area contributed by atoms with Gasteiger partial charge in [0.25, 0.3) is 0 Å². The Kier molecular flexibility index (Phi) is 32.2. The van der Waals surface area contributed by atoms with E-state index in [1.54, 1.807) is 26.0 Å². The van der Waals surface area contributed by atoms with Crippen molar-refractivity contribution in [2.45, 2.75) is 258 Å². The lowest BCUT2D eigenvalue weighted by Crippen LogP contribution is -2.43. The zero-order valence-electron chi connectivity index (χ0n) is 43.6. The van der Waals surface area contributed by atoms with Crippen LogP contribution >= 0.6 is 0 Å². The molecule has 0 aromatic rings. The molecule has 0 bridgehead atoms. The Labute approximate surface area is 410 Å². The van der Waals surface area contributed by atoms with E-state index in [1.165, 1.54) is 116 Å². The van der Waals surface area contributed by atoms with Crippen LogP contribution in [0.4, 0.5) is 0 Å². The molecule has 0 radical (unpaired) electrons. The molecule has 3 atom stereocenters. The molecule has 0 aromatic carbocycles. The Hall–Kier alpha value is -3.13. The second-order valence-corrected chi connectivity index (χ2v) is 20.2. The van der Waals surface area contributed by atoms with Crippen LogP contribution in [-0.2, 0) is 57.1 Å². The van der Waals surface area contributed by atoms with Crippen molar-refractivity contribution in [3.05, 3.63) is 23.3 Å². The summed E-state index contributed by atoms with van der Waals surface area (Å²) in [5.74, 6) is -3.18. The van der Waals surface area contributed by atoms with Crippen LogP contribution in [0.1, 0.15) is 228 Å². The predicted molar refractivity (Wildman–Crippen MR) is 265 cm³/mol. The first-order valence-electron chi connectivity index (χ1n) is 26.9. The minimum Gasteiger partial charge on any atom is -0.481 e. The first-order valence-corrected chi connectivity index (χ1v) is 26.9. The standard InChI is InChI=1S/C55H94O13/c1-8-10-12-14-16-18-20-22-24-26-28-30-37-63-51(60)48-49(52(61)64-38-31-29-27-25-23-21-19-17-15-13-11-9-2)68-53(67-48)44-35-36-45(43(3)41-44)50(59)55(6,7)66-42-54(4,5)65-40-39-62-47(58)34-32-33-46(56)57/h35-36,43,48-49,53H,8-34,37-42H2,1-7H3,(H,56,57). The number of rotatable bonds is 42. The summed E-state index contributed by atoms with van der Waals surface area (Å²) in [6.07, 6.45) is 29.2. The number of aliphatic carboxylic acids is 1. The molecule has 3 unspecified atom stereocenters. The van der Waals surface area contributed by atoms with Crippen molar-refractivity contribution in [1.82, 2.24) is 0 Å². The Morgan fingerprint density at radius 2 is 1.00 bits per heavy atom. The van der Waals surface area contributed by atoms with E-state index >= 15 is 0 Å². The molecule has 1 saturated heterocycles. The molecular weight excluding hydrogens is 869 g/mol. The van der Waals surface area contributed by atoms with E-state index in [9.17, 15) is 24.0 Å². The number of carbonyl (C=O) groups is 5. The molecule has 1 N–H and O–H groups in total. The van der Waals surface area contributed by atoms with Crippen molar-refractivity contribution in [1.29, 1.82) is 0 Å². The molecule has 13 heteroatoms. The van der Waals surface area contributed by atoms with E-state index in [1.807, 2.05) is 20.8 Å². The third-order valence-corrected chi connectivity index (χ3v) is 12.8. The highest BCUT2D eigenvalue weighted by Crippen LogP contribution is 2.36. The molecule has 68 heavy (non-hydrogen) atoms. The second kappa shape index (κ2) is 35.9. The van der Waals surface area contributed by atoms with E-state index in [2.05, 4.69) is 13.8 Å². The lowest BCUT2D eigenvalue weighted by Gasteiger charge is -2.33. The van der Waals surface area contributed by atoms with Crippen molar-refractivity contribution in [3.63, 3.8) is 0 Å². The van der Waals surface area contributed by atoms with Crippen molar-refractivity contribution in [3.8, 4) is 0 Å². The molecule has 0 saturated carbocycles. The van der Waals surface area contributed by atoms with Gasteiger partial charge in [-0.15, -0.1) is 0 Å². The number of carboxylic acid groups (broad SMARTS) is 1. The highest BCUT2D eigenvalue weighted by atomic mass is 16.8. The summed E-state index contributed by atoms with van der Waals surface area (Å²) < 4.78 is 40.9. The van der Waals surface area contributed by atoms with Gasteiger partial charge in [-0.05, 0) is 64.9 Å². The largest absolute Gasteiger partial charge is 0.481 e. The topological polar surface area (TPSA) is 170 Å². The molecule has 1 fully saturated rings. The highest BCUT2D eigenvalue weighted by Gasteiger charge is 2.49. The lowest BCUT2D eigenvalue weighted by molar-refractivity contribution is -0.163. The molecule has 392 valence electrons. The van der Waals surface area contributed by atoms with Crippen LogP contribution in [0.15, 0.2) is 23.3 Å². The summed E-state index contributed by atoms with van der Waals surface area (Å²) in [7, 11) is 0. The maximum atomic E-state index is 13.9. The van der Waals surface area contributed by atoms with Gasteiger partial charge in [-0.1, -0.05) is 174 Å². The number of ether oxygens (including phenoxy) is 7. The van der Waals surface area contributed by atoms with Gasteiger partial charge in [0.15, 0.2) is 24.3 Å². The molecule has 1 aliphatic heterocycles. The molecule has 2 rings (SSSR count). The zero-order chi connectivity index (χ0) is 50.0. The average molecular weight is 963 g/mol. The van der Waals surface area contributed by atoms with E-state index in [4.69, 9.17) is 38.3 Å². The number of esters is 3. The number of Topliss-reactive ketones (excluding diaryl/α,β-unsaturated/α-hetero) is 1. The Morgan fingerprint density at radius 1 is 0.559 bits per heavy atom. The maximum absolute atomic E-state index is 13.9. The Morgan fingerprint density at radius 3 is 1.43 bits per heavy atom. The zero-order valence-corrected chi connectivity index (χ0v) is 43.6. The first-order chi connectivity index (χ1) is 32.6. The van der Waals surface area contributed by atoms with Gasteiger partial charge in [0, 0.05) is 18.4 Å². The minimum atomic E-state index is -1.27. The number of carboxylic acids is 1. The number of ketones is 1.